The zero-order valence-electron chi connectivity index (χ0n) is 12.8. The molecule has 0 saturated heterocycles. The van der Waals surface area contributed by atoms with E-state index < -0.39 is 23.7 Å². The molecule has 0 spiro atoms. The van der Waals surface area contributed by atoms with Crippen molar-refractivity contribution in [2.45, 2.75) is 6.18 Å². The van der Waals surface area contributed by atoms with Gasteiger partial charge in [-0.3, -0.25) is 0 Å². The van der Waals surface area contributed by atoms with Gasteiger partial charge in [0, 0.05) is 0 Å². The molecule has 0 aliphatic carbocycles. The highest BCUT2D eigenvalue weighted by Gasteiger charge is 2.30. The summed E-state index contributed by atoms with van der Waals surface area (Å²) in [5, 5.41) is 0. The standard InChI is InChI=1S/C17H13F3O4/c1-23-15(21)11-5-8-13(16(22)24-2)14(9-11)10-3-6-12(7-4-10)17(18,19)20/h3-9H,1-2H3. The number of halogens is 3. The first-order chi connectivity index (χ1) is 11.3. The van der Waals surface area contributed by atoms with Crippen LogP contribution in [0.25, 0.3) is 11.1 Å². The Morgan fingerprint density at radius 2 is 1.46 bits per heavy atom. The number of benzene rings is 2. The number of esters is 2. The quantitative estimate of drug-likeness (QED) is 0.796. The Balaban J connectivity index is 2.57. The van der Waals surface area contributed by atoms with E-state index in [0.29, 0.717) is 5.56 Å². The zero-order valence-corrected chi connectivity index (χ0v) is 12.8. The highest BCUT2D eigenvalue weighted by Crippen LogP contribution is 2.32. The van der Waals surface area contributed by atoms with Crippen LogP contribution in [0, 0.1) is 0 Å². The second-order valence-electron chi connectivity index (χ2n) is 4.82. The summed E-state index contributed by atoms with van der Waals surface area (Å²) < 4.78 is 47.3. The van der Waals surface area contributed by atoms with Crippen LogP contribution in [0.5, 0.6) is 0 Å². The molecule has 2 aromatic rings. The van der Waals surface area contributed by atoms with Gasteiger partial charge in [-0.1, -0.05) is 12.1 Å². The number of carbonyl (C=O) groups is 2. The molecule has 0 unspecified atom stereocenters. The summed E-state index contributed by atoms with van der Waals surface area (Å²) in [5.74, 6) is -1.29. The van der Waals surface area contributed by atoms with Gasteiger partial charge in [0.2, 0.25) is 0 Å². The van der Waals surface area contributed by atoms with E-state index >= 15 is 0 Å². The fourth-order valence-corrected chi connectivity index (χ4v) is 2.15. The van der Waals surface area contributed by atoms with Crippen molar-refractivity contribution in [3.8, 4) is 11.1 Å². The summed E-state index contributed by atoms with van der Waals surface area (Å²) in [4.78, 5) is 23.5. The number of alkyl halides is 3. The van der Waals surface area contributed by atoms with Gasteiger partial charge in [0.05, 0.1) is 30.9 Å². The van der Waals surface area contributed by atoms with Crippen molar-refractivity contribution >= 4 is 11.9 Å². The Labute approximate surface area is 135 Å². The molecule has 2 rings (SSSR count). The maximum absolute atomic E-state index is 12.7. The monoisotopic (exact) mass is 338 g/mol. The molecule has 0 atom stereocenters. The topological polar surface area (TPSA) is 52.6 Å². The molecule has 0 aromatic heterocycles. The zero-order chi connectivity index (χ0) is 17.9. The Hall–Kier alpha value is -2.83. The SMILES string of the molecule is COC(=O)c1ccc(C(=O)OC)c(-c2ccc(C(F)(F)F)cc2)c1. The van der Waals surface area contributed by atoms with Gasteiger partial charge in [0.15, 0.2) is 0 Å². The van der Waals surface area contributed by atoms with Crippen molar-refractivity contribution in [2.24, 2.45) is 0 Å². The van der Waals surface area contributed by atoms with Crippen LogP contribution in [0.15, 0.2) is 42.5 Å². The number of carbonyl (C=O) groups excluding carboxylic acids is 2. The lowest BCUT2D eigenvalue weighted by molar-refractivity contribution is -0.137. The fraction of sp³-hybridized carbons (Fsp3) is 0.176. The first-order valence-corrected chi connectivity index (χ1v) is 6.76. The maximum atomic E-state index is 12.7. The summed E-state index contributed by atoms with van der Waals surface area (Å²) in [6.07, 6.45) is -4.46. The third-order valence-electron chi connectivity index (χ3n) is 3.37. The van der Waals surface area contributed by atoms with E-state index in [1.54, 1.807) is 0 Å². The molecule has 0 aliphatic rings. The van der Waals surface area contributed by atoms with Crippen LogP contribution >= 0.6 is 0 Å². The maximum Gasteiger partial charge on any atom is 0.416 e. The molecule has 0 aliphatic heterocycles. The van der Waals surface area contributed by atoms with E-state index in [1.807, 2.05) is 0 Å². The largest absolute Gasteiger partial charge is 0.465 e. The number of rotatable bonds is 3. The number of methoxy groups -OCH3 is 2. The molecule has 7 heteroatoms. The second kappa shape index (κ2) is 6.74. The lowest BCUT2D eigenvalue weighted by Crippen LogP contribution is -2.08. The minimum atomic E-state index is -4.46. The smallest absolute Gasteiger partial charge is 0.416 e. The minimum absolute atomic E-state index is 0.130. The molecule has 4 nitrogen and oxygen atoms in total. The number of hydrogen-bond donors (Lipinski definition) is 0. The van der Waals surface area contributed by atoms with Crippen LogP contribution in [0.1, 0.15) is 26.3 Å². The van der Waals surface area contributed by atoms with Crippen LogP contribution < -0.4 is 0 Å². The van der Waals surface area contributed by atoms with Crippen LogP contribution in [-0.2, 0) is 15.7 Å². The van der Waals surface area contributed by atoms with E-state index in [0.717, 1.165) is 12.1 Å². The summed E-state index contributed by atoms with van der Waals surface area (Å²) in [6, 6.07) is 8.39. The Bertz CT molecular complexity index is 764. The Morgan fingerprint density at radius 3 is 1.96 bits per heavy atom. The number of ether oxygens (including phenoxy) is 2. The van der Waals surface area contributed by atoms with Crippen LogP contribution in [0.2, 0.25) is 0 Å². The van der Waals surface area contributed by atoms with Gasteiger partial charge in [0.1, 0.15) is 0 Å². The van der Waals surface area contributed by atoms with Gasteiger partial charge in [-0.05, 0) is 41.5 Å². The summed E-state index contributed by atoms with van der Waals surface area (Å²) in [7, 11) is 2.39. The predicted molar refractivity (Wildman–Crippen MR) is 79.6 cm³/mol. The molecule has 0 radical (unpaired) electrons. The van der Waals surface area contributed by atoms with Crippen molar-refractivity contribution < 1.29 is 32.2 Å². The summed E-state index contributed by atoms with van der Waals surface area (Å²) in [5.41, 5.74) is 0.104. The van der Waals surface area contributed by atoms with Crippen molar-refractivity contribution in [1.82, 2.24) is 0 Å². The van der Waals surface area contributed by atoms with Gasteiger partial charge in [-0.15, -0.1) is 0 Å². The van der Waals surface area contributed by atoms with E-state index in [9.17, 15) is 22.8 Å². The summed E-state index contributed by atoms with van der Waals surface area (Å²) >= 11 is 0. The average molecular weight is 338 g/mol. The normalized spacial score (nSPS) is 11.0. The minimum Gasteiger partial charge on any atom is -0.465 e. The lowest BCUT2D eigenvalue weighted by Gasteiger charge is -2.12. The van der Waals surface area contributed by atoms with Crippen LogP contribution in [0.3, 0.4) is 0 Å². The third-order valence-corrected chi connectivity index (χ3v) is 3.37. The third kappa shape index (κ3) is 3.56. The van der Waals surface area contributed by atoms with Gasteiger partial charge >= 0.3 is 18.1 Å². The molecule has 0 fully saturated rings. The summed E-state index contributed by atoms with van der Waals surface area (Å²) in [6.45, 7) is 0. The van der Waals surface area contributed by atoms with Crippen LogP contribution in [-0.4, -0.2) is 26.2 Å². The molecule has 0 heterocycles. The Morgan fingerprint density at radius 1 is 0.875 bits per heavy atom. The molecule has 24 heavy (non-hydrogen) atoms. The lowest BCUT2D eigenvalue weighted by atomic mass is 9.96. The molecule has 0 amide bonds. The van der Waals surface area contributed by atoms with Gasteiger partial charge in [-0.25, -0.2) is 9.59 Å². The van der Waals surface area contributed by atoms with Gasteiger partial charge in [0.25, 0.3) is 0 Å². The van der Waals surface area contributed by atoms with Crippen molar-refractivity contribution in [3.05, 3.63) is 59.2 Å². The fourth-order valence-electron chi connectivity index (χ4n) is 2.15. The van der Waals surface area contributed by atoms with Crippen molar-refractivity contribution in [2.75, 3.05) is 14.2 Å². The highest BCUT2D eigenvalue weighted by atomic mass is 19.4. The first kappa shape index (κ1) is 17.5. The first-order valence-electron chi connectivity index (χ1n) is 6.76. The molecular weight excluding hydrogens is 325 g/mol. The van der Waals surface area contributed by atoms with Crippen molar-refractivity contribution in [3.63, 3.8) is 0 Å². The van der Waals surface area contributed by atoms with E-state index in [4.69, 9.17) is 0 Å². The van der Waals surface area contributed by atoms with Crippen LogP contribution in [0.4, 0.5) is 13.2 Å². The second-order valence-corrected chi connectivity index (χ2v) is 4.82. The van der Waals surface area contributed by atoms with Gasteiger partial charge in [-0.2, -0.15) is 13.2 Å². The molecular formula is C17H13F3O4. The molecule has 2 aromatic carbocycles. The molecule has 0 bridgehead atoms. The number of hydrogen-bond acceptors (Lipinski definition) is 4. The Kier molecular flexibility index (Phi) is 4.92. The van der Waals surface area contributed by atoms with E-state index in [2.05, 4.69) is 9.47 Å². The average Bonchev–Trinajstić information content (AvgIpc) is 2.59. The van der Waals surface area contributed by atoms with Crippen molar-refractivity contribution in [1.29, 1.82) is 0 Å². The highest BCUT2D eigenvalue weighted by molar-refractivity contribution is 6.00. The molecule has 0 saturated carbocycles. The van der Waals surface area contributed by atoms with E-state index in [1.165, 1.54) is 44.6 Å². The molecule has 0 N–H and O–H groups in total. The van der Waals surface area contributed by atoms with E-state index in [-0.39, 0.29) is 16.7 Å². The molecule has 126 valence electrons. The van der Waals surface area contributed by atoms with Gasteiger partial charge < -0.3 is 9.47 Å². The predicted octanol–water partition coefficient (Wildman–Crippen LogP) is 3.95.